The number of halogens is 1. The Bertz CT molecular complexity index is 485. The first-order valence-electron chi connectivity index (χ1n) is 6.97. The second-order valence-electron chi connectivity index (χ2n) is 5.18. The summed E-state index contributed by atoms with van der Waals surface area (Å²) < 4.78 is 5.25. The van der Waals surface area contributed by atoms with Gasteiger partial charge in [0.1, 0.15) is 5.75 Å². The predicted molar refractivity (Wildman–Crippen MR) is 81.6 cm³/mol. The molecular weight excluding hydrogens is 276 g/mol. The Kier molecular flexibility index (Phi) is 5.26. The number of rotatable bonds is 5. The van der Waals surface area contributed by atoms with E-state index in [4.69, 9.17) is 16.3 Å². The van der Waals surface area contributed by atoms with Crippen LogP contribution in [-0.2, 0) is 4.79 Å². The van der Waals surface area contributed by atoms with E-state index in [1.807, 2.05) is 13.0 Å². The third kappa shape index (κ3) is 3.87. The highest BCUT2D eigenvalue weighted by Crippen LogP contribution is 2.31. The van der Waals surface area contributed by atoms with Crippen LogP contribution in [0.25, 0.3) is 0 Å². The third-order valence-electron chi connectivity index (χ3n) is 3.64. The van der Waals surface area contributed by atoms with Crippen LogP contribution in [-0.4, -0.2) is 25.6 Å². The van der Waals surface area contributed by atoms with E-state index in [0.29, 0.717) is 28.9 Å². The first-order chi connectivity index (χ1) is 9.60. The maximum atomic E-state index is 12.0. The van der Waals surface area contributed by atoms with E-state index in [1.54, 1.807) is 13.2 Å². The standard InChI is InChI=1S/C15H21ClN2O2/c1-10-8-13(14(20-2)9-12(10)16)18-15(19)6-5-11-4-3-7-17-11/h8-9,11,17H,3-7H2,1-2H3,(H,18,19). The summed E-state index contributed by atoms with van der Waals surface area (Å²) in [6.45, 7) is 2.97. The fourth-order valence-electron chi connectivity index (χ4n) is 2.45. The number of carbonyl (C=O) groups excluding carboxylic acids is 1. The van der Waals surface area contributed by atoms with Crippen LogP contribution in [0.3, 0.4) is 0 Å². The van der Waals surface area contributed by atoms with Crippen molar-refractivity contribution in [3.8, 4) is 5.75 Å². The molecule has 5 heteroatoms. The van der Waals surface area contributed by atoms with Gasteiger partial charge in [-0.05, 0) is 44.4 Å². The Hall–Kier alpha value is -1.26. The van der Waals surface area contributed by atoms with Crippen LogP contribution in [0.1, 0.15) is 31.2 Å². The van der Waals surface area contributed by atoms with Crippen molar-refractivity contribution in [2.75, 3.05) is 19.0 Å². The summed E-state index contributed by atoms with van der Waals surface area (Å²) in [7, 11) is 1.57. The van der Waals surface area contributed by atoms with Gasteiger partial charge < -0.3 is 15.4 Å². The zero-order valence-electron chi connectivity index (χ0n) is 12.0. The minimum atomic E-state index is 0.0127. The first kappa shape index (κ1) is 15.1. The lowest BCUT2D eigenvalue weighted by atomic mass is 10.1. The van der Waals surface area contributed by atoms with Gasteiger partial charge in [0.15, 0.2) is 0 Å². The molecular formula is C15H21ClN2O2. The van der Waals surface area contributed by atoms with Crippen molar-refractivity contribution in [1.29, 1.82) is 0 Å². The van der Waals surface area contributed by atoms with E-state index in [1.165, 1.54) is 6.42 Å². The number of carbonyl (C=O) groups is 1. The summed E-state index contributed by atoms with van der Waals surface area (Å²) in [5, 5.41) is 6.93. The van der Waals surface area contributed by atoms with E-state index in [0.717, 1.165) is 24.9 Å². The van der Waals surface area contributed by atoms with Gasteiger partial charge in [0.05, 0.1) is 12.8 Å². The predicted octanol–water partition coefficient (Wildman–Crippen LogP) is 3.13. The third-order valence-corrected chi connectivity index (χ3v) is 4.04. The largest absolute Gasteiger partial charge is 0.495 e. The number of anilines is 1. The van der Waals surface area contributed by atoms with Gasteiger partial charge in [-0.2, -0.15) is 0 Å². The van der Waals surface area contributed by atoms with Crippen LogP contribution in [0.5, 0.6) is 5.75 Å². The van der Waals surface area contributed by atoms with E-state index < -0.39 is 0 Å². The molecule has 0 aromatic heterocycles. The molecule has 0 aliphatic carbocycles. The molecule has 0 radical (unpaired) electrons. The van der Waals surface area contributed by atoms with E-state index in [-0.39, 0.29) is 5.91 Å². The highest BCUT2D eigenvalue weighted by Gasteiger charge is 2.16. The fraction of sp³-hybridized carbons (Fsp3) is 0.533. The van der Waals surface area contributed by atoms with Crippen LogP contribution < -0.4 is 15.4 Å². The summed E-state index contributed by atoms with van der Waals surface area (Å²) in [6.07, 6.45) is 3.76. The lowest BCUT2D eigenvalue weighted by Crippen LogP contribution is -2.23. The molecule has 1 saturated heterocycles. The van der Waals surface area contributed by atoms with Crippen molar-refractivity contribution in [1.82, 2.24) is 5.32 Å². The molecule has 1 fully saturated rings. The number of benzene rings is 1. The minimum absolute atomic E-state index is 0.0127. The highest BCUT2D eigenvalue weighted by atomic mass is 35.5. The molecule has 2 rings (SSSR count). The Morgan fingerprint density at radius 2 is 2.35 bits per heavy atom. The molecule has 110 valence electrons. The molecule has 0 bridgehead atoms. The van der Waals surface area contributed by atoms with Gasteiger partial charge in [0, 0.05) is 23.6 Å². The SMILES string of the molecule is COc1cc(Cl)c(C)cc1NC(=O)CCC1CCCN1. The molecule has 20 heavy (non-hydrogen) atoms. The van der Waals surface area contributed by atoms with Crippen molar-refractivity contribution in [3.63, 3.8) is 0 Å². The number of methoxy groups -OCH3 is 1. The molecule has 1 aromatic rings. The summed E-state index contributed by atoms with van der Waals surface area (Å²) in [5.74, 6) is 0.603. The summed E-state index contributed by atoms with van der Waals surface area (Å²) in [6, 6.07) is 4.05. The maximum absolute atomic E-state index is 12.0. The number of hydrogen-bond donors (Lipinski definition) is 2. The van der Waals surface area contributed by atoms with E-state index in [9.17, 15) is 4.79 Å². The number of aryl methyl sites for hydroxylation is 1. The molecule has 1 aliphatic heterocycles. The molecule has 1 heterocycles. The number of amides is 1. The number of nitrogens with one attached hydrogen (secondary N) is 2. The topological polar surface area (TPSA) is 50.4 Å². The van der Waals surface area contributed by atoms with Crippen LogP contribution in [0.4, 0.5) is 5.69 Å². The number of hydrogen-bond acceptors (Lipinski definition) is 3. The molecule has 4 nitrogen and oxygen atoms in total. The van der Waals surface area contributed by atoms with Gasteiger partial charge >= 0.3 is 0 Å². The fourth-order valence-corrected chi connectivity index (χ4v) is 2.60. The Morgan fingerprint density at radius 1 is 1.55 bits per heavy atom. The quantitative estimate of drug-likeness (QED) is 0.878. The molecule has 1 unspecified atom stereocenters. The van der Waals surface area contributed by atoms with Gasteiger partial charge in [-0.25, -0.2) is 0 Å². The lowest BCUT2D eigenvalue weighted by Gasteiger charge is -2.13. The van der Waals surface area contributed by atoms with Gasteiger partial charge in [-0.15, -0.1) is 0 Å². The molecule has 1 aromatic carbocycles. The van der Waals surface area contributed by atoms with Gasteiger partial charge in [-0.3, -0.25) is 4.79 Å². The molecule has 2 N–H and O–H groups in total. The smallest absolute Gasteiger partial charge is 0.224 e. The lowest BCUT2D eigenvalue weighted by molar-refractivity contribution is -0.116. The van der Waals surface area contributed by atoms with Crippen molar-refractivity contribution in [3.05, 3.63) is 22.7 Å². The zero-order valence-corrected chi connectivity index (χ0v) is 12.7. The zero-order chi connectivity index (χ0) is 14.5. The molecule has 0 saturated carbocycles. The second-order valence-corrected chi connectivity index (χ2v) is 5.59. The van der Waals surface area contributed by atoms with Gasteiger partial charge in [0.25, 0.3) is 0 Å². The van der Waals surface area contributed by atoms with Gasteiger partial charge in [-0.1, -0.05) is 11.6 Å². The minimum Gasteiger partial charge on any atom is -0.495 e. The Labute approximate surface area is 124 Å². The van der Waals surface area contributed by atoms with E-state index >= 15 is 0 Å². The normalized spacial score (nSPS) is 18.1. The van der Waals surface area contributed by atoms with Crippen molar-refractivity contribution in [2.45, 2.75) is 38.6 Å². The molecule has 1 aliphatic rings. The van der Waals surface area contributed by atoms with E-state index in [2.05, 4.69) is 10.6 Å². The first-order valence-corrected chi connectivity index (χ1v) is 7.35. The van der Waals surface area contributed by atoms with Crippen molar-refractivity contribution < 1.29 is 9.53 Å². The summed E-state index contributed by atoms with van der Waals surface area (Å²) >= 11 is 6.05. The Balaban J connectivity index is 1.94. The maximum Gasteiger partial charge on any atom is 0.224 e. The molecule has 1 atom stereocenters. The second kappa shape index (κ2) is 6.95. The average Bonchev–Trinajstić information content (AvgIpc) is 2.93. The van der Waals surface area contributed by atoms with Gasteiger partial charge in [0.2, 0.25) is 5.91 Å². The highest BCUT2D eigenvalue weighted by molar-refractivity contribution is 6.31. The molecule has 1 amide bonds. The van der Waals surface area contributed by atoms with Crippen molar-refractivity contribution >= 4 is 23.2 Å². The summed E-state index contributed by atoms with van der Waals surface area (Å²) in [4.78, 5) is 12.0. The van der Waals surface area contributed by atoms with Crippen LogP contribution in [0.15, 0.2) is 12.1 Å². The van der Waals surface area contributed by atoms with Crippen LogP contribution in [0, 0.1) is 6.92 Å². The Morgan fingerprint density at radius 3 is 3.00 bits per heavy atom. The van der Waals surface area contributed by atoms with Crippen molar-refractivity contribution in [2.24, 2.45) is 0 Å². The summed E-state index contributed by atoms with van der Waals surface area (Å²) in [5.41, 5.74) is 1.60. The number of ether oxygens (including phenoxy) is 1. The van der Waals surface area contributed by atoms with Crippen LogP contribution >= 0.6 is 11.6 Å². The molecule has 0 spiro atoms. The van der Waals surface area contributed by atoms with Crippen LogP contribution in [0.2, 0.25) is 5.02 Å². The monoisotopic (exact) mass is 296 g/mol. The average molecular weight is 297 g/mol.